The van der Waals surface area contributed by atoms with Crippen molar-refractivity contribution in [2.45, 2.75) is 81.7 Å². The van der Waals surface area contributed by atoms with Crippen LogP contribution < -0.4 is 16.4 Å². The summed E-state index contributed by atoms with van der Waals surface area (Å²) in [5.41, 5.74) is 5.61. The molecule has 2 saturated carbocycles. The Labute approximate surface area is 274 Å². The second kappa shape index (κ2) is 13.9. The molecule has 0 spiro atoms. The second-order valence-electron chi connectivity index (χ2n) is 13.4. The number of hydrogen-bond donors (Lipinski definition) is 3. The van der Waals surface area contributed by atoms with Gasteiger partial charge in [0.05, 0.1) is 10.4 Å². The van der Waals surface area contributed by atoms with Gasteiger partial charge in [0.2, 0.25) is 5.91 Å². The van der Waals surface area contributed by atoms with E-state index >= 15 is 0 Å². The highest BCUT2D eigenvalue weighted by Gasteiger charge is 2.47. The molecular weight excluding hydrogens is 598 g/mol. The fourth-order valence-corrected chi connectivity index (χ4v) is 8.34. The maximum absolute atomic E-state index is 14.4. The average molecular weight is 644 g/mol. The van der Waals surface area contributed by atoms with Crippen LogP contribution >= 0.6 is 11.3 Å². The summed E-state index contributed by atoms with van der Waals surface area (Å²) in [6, 6.07) is 19.1. The summed E-state index contributed by atoms with van der Waals surface area (Å²) in [5, 5.41) is 7.14. The van der Waals surface area contributed by atoms with Gasteiger partial charge in [0.15, 0.2) is 0 Å². The molecule has 1 saturated heterocycles. The SMILES string of the molecule is NC1(C(=O)N2CCC(CNC(=O)N(CCc3ccccc3)C(=O)C3(NC(=O)c4cc5ccccc5s4)CCCC3)CC2)CCCC1. The fraction of sp³-hybridized carbons (Fsp3) is 0.500. The minimum atomic E-state index is -1.13. The molecule has 2 aromatic carbocycles. The Morgan fingerprint density at radius 3 is 2.24 bits per heavy atom. The van der Waals surface area contributed by atoms with E-state index in [1.807, 2.05) is 65.6 Å². The van der Waals surface area contributed by atoms with Crippen molar-refractivity contribution in [3.05, 3.63) is 71.1 Å². The van der Waals surface area contributed by atoms with Crippen LogP contribution in [-0.4, -0.2) is 70.8 Å². The number of nitrogens with zero attached hydrogens (tertiary/aromatic N) is 2. The molecule has 46 heavy (non-hydrogen) atoms. The quantitative estimate of drug-likeness (QED) is 0.294. The van der Waals surface area contributed by atoms with Gasteiger partial charge in [0.1, 0.15) is 5.54 Å². The summed E-state index contributed by atoms with van der Waals surface area (Å²) in [4.78, 5) is 58.6. The molecule has 2 aliphatic carbocycles. The summed E-state index contributed by atoms with van der Waals surface area (Å²) in [6.07, 6.45) is 8.15. The summed E-state index contributed by atoms with van der Waals surface area (Å²) in [6.45, 7) is 1.88. The first-order valence-electron chi connectivity index (χ1n) is 16.8. The van der Waals surface area contributed by atoms with E-state index in [-0.39, 0.29) is 30.2 Å². The number of thiophene rings is 1. The van der Waals surface area contributed by atoms with Gasteiger partial charge in [-0.3, -0.25) is 19.3 Å². The Morgan fingerprint density at radius 1 is 0.891 bits per heavy atom. The van der Waals surface area contributed by atoms with Crippen LogP contribution in [0, 0.1) is 5.92 Å². The van der Waals surface area contributed by atoms with E-state index in [1.54, 1.807) is 0 Å². The topological polar surface area (TPSA) is 125 Å². The van der Waals surface area contributed by atoms with Crippen molar-refractivity contribution in [3.8, 4) is 0 Å². The maximum atomic E-state index is 14.4. The summed E-state index contributed by atoms with van der Waals surface area (Å²) in [5.74, 6) is -0.370. The number of imide groups is 1. The Kier molecular flexibility index (Phi) is 9.75. The highest BCUT2D eigenvalue weighted by atomic mass is 32.1. The number of hydrogen-bond acceptors (Lipinski definition) is 6. The lowest BCUT2D eigenvalue weighted by Crippen LogP contribution is -2.61. The number of nitrogens with two attached hydrogens (primary N) is 1. The zero-order chi connectivity index (χ0) is 32.1. The molecule has 2 heterocycles. The largest absolute Gasteiger partial charge is 0.341 e. The van der Waals surface area contributed by atoms with Gasteiger partial charge in [-0.15, -0.1) is 11.3 Å². The molecule has 0 radical (unpaired) electrons. The minimum absolute atomic E-state index is 0.0599. The molecule has 3 aromatic rings. The van der Waals surface area contributed by atoms with E-state index in [2.05, 4.69) is 10.6 Å². The number of amides is 5. The van der Waals surface area contributed by atoms with Crippen molar-refractivity contribution in [1.29, 1.82) is 0 Å². The predicted molar refractivity (Wildman–Crippen MR) is 180 cm³/mol. The third-order valence-electron chi connectivity index (χ3n) is 10.2. The molecule has 3 fully saturated rings. The molecule has 0 unspecified atom stereocenters. The van der Waals surface area contributed by atoms with Crippen molar-refractivity contribution in [1.82, 2.24) is 20.4 Å². The zero-order valence-electron chi connectivity index (χ0n) is 26.5. The number of urea groups is 1. The van der Waals surface area contributed by atoms with Crippen LogP contribution in [0.15, 0.2) is 60.7 Å². The lowest BCUT2D eigenvalue weighted by Gasteiger charge is -2.37. The van der Waals surface area contributed by atoms with E-state index in [4.69, 9.17) is 5.73 Å². The Balaban J connectivity index is 1.12. The third kappa shape index (κ3) is 6.98. The van der Waals surface area contributed by atoms with Gasteiger partial charge in [-0.1, -0.05) is 74.2 Å². The number of likely N-dealkylation sites (tertiary alicyclic amines) is 1. The lowest BCUT2D eigenvalue weighted by molar-refractivity contribution is -0.138. The van der Waals surface area contributed by atoms with Crippen molar-refractivity contribution >= 4 is 45.2 Å². The first-order chi connectivity index (χ1) is 22.3. The van der Waals surface area contributed by atoms with Crippen LogP contribution in [0.25, 0.3) is 10.1 Å². The highest BCUT2D eigenvalue weighted by molar-refractivity contribution is 7.20. The number of carbonyl (C=O) groups is 4. The van der Waals surface area contributed by atoms with E-state index in [9.17, 15) is 19.2 Å². The van der Waals surface area contributed by atoms with Crippen LogP contribution in [0.3, 0.4) is 0 Å². The van der Waals surface area contributed by atoms with E-state index < -0.39 is 17.1 Å². The smallest absolute Gasteiger partial charge is 0.324 e. The van der Waals surface area contributed by atoms with Gasteiger partial charge in [0, 0.05) is 30.9 Å². The first-order valence-corrected chi connectivity index (χ1v) is 17.6. The first kappa shape index (κ1) is 32.2. The van der Waals surface area contributed by atoms with Gasteiger partial charge in [-0.2, -0.15) is 0 Å². The van der Waals surface area contributed by atoms with Gasteiger partial charge >= 0.3 is 6.03 Å². The lowest BCUT2D eigenvalue weighted by atomic mass is 9.92. The van der Waals surface area contributed by atoms with Crippen LogP contribution in [-0.2, 0) is 16.0 Å². The van der Waals surface area contributed by atoms with Crippen LogP contribution in [0.2, 0.25) is 0 Å². The second-order valence-corrected chi connectivity index (χ2v) is 14.5. The monoisotopic (exact) mass is 643 g/mol. The van der Waals surface area contributed by atoms with Crippen molar-refractivity contribution in [3.63, 3.8) is 0 Å². The molecular formula is C36H45N5O4S. The minimum Gasteiger partial charge on any atom is -0.341 e. The Hall–Kier alpha value is -3.76. The summed E-state index contributed by atoms with van der Waals surface area (Å²) >= 11 is 1.41. The molecule has 6 rings (SSSR count). The molecule has 9 nitrogen and oxygen atoms in total. The van der Waals surface area contributed by atoms with Crippen molar-refractivity contribution in [2.75, 3.05) is 26.2 Å². The van der Waals surface area contributed by atoms with Gasteiger partial charge in [-0.05, 0) is 73.9 Å². The van der Waals surface area contributed by atoms with Gasteiger partial charge in [-0.25, -0.2) is 4.79 Å². The number of nitrogens with one attached hydrogen (secondary N) is 2. The molecule has 244 valence electrons. The standard InChI is InChI=1S/C36H45N5O4S/c37-35(17-6-7-18-35)32(43)40-21-14-27(15-22-40)25-38-34(45)41(23-16-26-10-2-1-3-11-26)33(44)36(19-8-9-20-36)39-31(42)30-24-28-12-4-5-13-29(28)46-30/h1-5,10-13,24,27H,6-9,14-23,25,37H2,(H,38,45)(H,39,42). The molecule has 0 bridgehead atoms. The van der Waals surface area contributed by atoms with Crippen LogP contribution in [0.5, 0.6) is 0 Å². The van der Waals surface area contributed by atoms with E-state index in [0.717, 1.165) is 67.0 Å². The number of carbonyl (C=O) groups excluding carboxylic acids is 4. The number of benzene rings is 2. The predicted octanol–water partition coefficient (Wildman–Crippen LogP) is 5.23. The van der Waals surface area contributed by atoms with Crippen molar-refractivity contribution < 1.29 is 19.2 Å². The molecule has 4 N–H and O–H groups in total. The number of piperidine rings is 1. The Morgan fingerprint density at radius 2 is 1.54 bits per heavy atom. The van der Waals surface area contributed by atoms with Crippen molar-refractivity contribution in [2.24, 2.45) is 11.7 Å². The maximum Gasteiger partial charge on any atom is 0.324 e. The molecule has 0 atom stereocenters. The van der Waals surface area contributed by atoms with Gasteiger partial charge < -0.3 is 21.3 Å². The fourth-order valence-electron chi connectivity index (χ4n) is 7.38. The molecule has 1 aliphatic heterocycles. The van der Waals surface area contributed by atoms with E-state index in [0.29, 0.717) is 43.8 Å². The van der Waals surface area contributed by atoms with Crippen LogP contribution in [0.4, 0.5) is 4.79 Å². The van der Waals surface area contributed by atoms with Crippen LogP contribution in [0.1, 0.15) is 79.4 Å². The van der Waals surface area contributed by atoms with E-state index in [1.165, 1.54) is 16.2 Å². The molecule has 3 aliphatic rings. The Bertz CT molecular complexity index is 1520. The number of rotatable bonds is 9. The summed E-state index contributed by atoms with van der Waals surface area (Å²) < 4.78 is 1.01. The third-order valence-corrected chi connectivity index (χ3v) is 11.3. The highest BCUT2D eigenvalue weighted by Crippen LogP contribution is 2.34. The summed E-state index contributed by atoms with van der Waals surface area (Å²) in [7, 11) is 0. The molecule has 1 aromatic heterocycles. The zero-order valence-corrected chi connectivity index (χ0v) is 27.3. The molecule has 5 amide bonds. The normalized spacial score (nSPS) is 19.2. The number of fused-ring (bicyclic) bond motifs is 1. The van der Waals surface area contributed by atoms with Gasteiger partial charge in [0.25, 0.3) is 11.8 Å². The molecule has 10 heteroatoms. The average Bonchev–Trinajstić information content (AvgIpc) is 3.85.